The summed E-state index contributed by atoms with van der Waals surface area (Å²) in [6.45, 7) is 1.04. The van der Waals surface area contributed by atoms with Gasteiger partial charge < -0.3 is 4.42 Å². The van der Waals surface area contributed by atoms with E-state index < -0.39 is 23.7 Å². The van der Waals surface area contributed by atoms with Crippen molar-refractivity contribution in [3.63, 3.8) is 0 Å². The van der Waals surface area contributed by atoms with E-state index in [0.717, 1.165) is 6.92 Å². The van der Waals surface area contributed by atoms with Crippen molar-refractivity contribution in [2.45, 2.75) is 13.1 Å². The summed E-state index contributed by atoms with van der Waals surface area (Å²) >= 11 is 0. The standard InChI is InChI=1S/C5H3F3N2O2/c1-2(11)3-9-10-4(12-3)5(6,7)8/h1H3. The van der Waals surface area contributed by atoms with Crippen molar-refractivity contribution in [3.8, 4) is 0 Å². The lowest BCUT2D eigenvalue weighted by Crippen LogP contribution is -2.04. The molecular weight excluding hydrogens is 177 g/mol. The molecule has 0 bridgehead atoms. The Kier molecular flexibility index (Phi) is 1.87. The third-order valence-corrected chi connectivity index (χ3v) is 0.969. The number of ketones is 1. The van der Waals surface area contributed by atoms with Crippen LogP contribution >= 0.6 is 0 Å². The first-order valence-electron chi connectivity index (χ1n) is 2.83. The lowest BCUT2D eigenvalue weighted by molar-refractivity contribution is -0.157. The normalized spacial score (nSPS) is 11.7. The van der Waals surface area contributed by atoms with Gasteiger partial charge in [-0.1, -0.05) is 0 Å². The molecule has 0 fully saturated rings. The summed E-state index contributed by atoms with van der Waals surface area (Å²) in [5.41, 5.74) is 0. The molecule has 4 nitrogen and oxygen atoms in total. The highest BCUT2D eigenvalue weighted by molar-refractivity contribution is 5.89. The average Bonchev–Trinajstić information content (AvgIpc) is 2.30. The highest BCUT2D eigenvalue weighted by Gasteiger charge is 2.38. The number of halogens is 3. The minimum absolute atomic E-state index is 0.637. The number of carbonyl (C=O) groups is 1. The smallest absolute Gasteiger partial charge is 0.410 e. The number of Topliss-reactive ketones (excluding diaryl/α,β-unsaturated/α-hetero) is 1. The molecule has 1 aromatic rings. The molecule has 1 heterocycles. The number of hydrogen-bond donors (Lipinski definition) is 0. The molecule has 0 saturated carbocycles. The molecule has 0 unspecified atom stereocenters. The molecule has 0 aromatic carbocycles. The van der Waals surface area contributed by atoms with Crippen LogP contribution in [0.2, 0.25) is 0 Å². The summed E-state index contributed by atoms with van der Waals surface area (Å²) in [5, 5.41) is 5.54. The number of hydrogen-bond acceptors (Lipinski definition) is 4. The van der Waals surface area contributed by atoms with Gasteiger partial charge in [-0.05, 0) is 0 Å². The summed E-state index contributed by atoms with van der Waals surface area (Å²) < 4.78 is 39.3. The largest absolute Gasteiger partial charge is 0.470 e. The van der Waals surface area contributed by atoms with Crippen LogP contribution in [0.5, 0.6) is 0 Å². The molecule has 1 rings (SSSR count). The molecule has 0 aliphatic carbocycles. The van der Waals surface area contributed by atoms with Crippen molar-refractivity contribution < 1.29 is 22.4 Å². The molecule has 0 aliphatic rings. The van der Waals surface area contributed by atoms with E-state index in [0.29, 0.717) is 0 Å². The van der Waals surface area contributed by atoms with Crippen molar-refractivity contribution in [3.05, 3.63) is 11.8 Å². The first-order valence-corrected chi connectivity index (χ1v) is 2.83. The Morgan fingerprint density at radius 3 is 2.25 bits per heavy atom. The van der Waals surface area contributed by atoms with E-state index in [1.54, 1.807) is 0 Å². The van der Waals surface area contributed by atoms with Crippen molar-refractivity contribution in [2.75, 3.05) is 0 Å². The quantitative estimate of drug-likeness (QED) is 0.611. The monoisotopic (exact) mass is 180 g/mol. The maximum atomic E-state index is 11.8. The Morgan fingerprint density at radius 1 is 1.42 bits per heavy atom. The van der Waals surface area contributed by atoms with Gasteiger partial charge in [0.25, 0.3) is 5.89 Å². The molecule has 66 valence electrons. The van der Waals surface area contributed by atoms with E-state index in [1.807, 2.05) is 0 Å². The van der Waals surface area contributed by atoms with Gasteiger partial charge in [0.05, 0.1) is 0 Å². The first kappa shape index (κ1) is 8.69. The fraction of sp³-hybridized carbons (Fsp3) is 0.400. The van der Waals surface area contributed by atoms with E-state index in [9.17, 15) is 18.0 Å². The molecule has 7 heteroatoms. The predicted molar refractivity (Wildman–Crippen MR) is 29.3 cm³/mol. The van der Waals surface area contributed by atoms with Crippen LogP contribution in [0.4, 0.5) is 13.2 Å². The Balaban J connectivity index is 3.00. The highest BCUT2D eigenvalue weighted by Crippen LogP contribution is 2.27. The minimum Gasteiger partial charge on any atom is -0.410 e. The fourth-order valence-corrected chi connectivity index (χ4v) is 0.480. The lowest BCUT2D eigenvalue weighted by atomic mass is 10.5. The third kappa shape index (κ3) is 1.60. The number of alkyl halides is 3. The van der Waals surface area contributed by atoms with Crippen molar-refractivity contribution in [2.24, 2.45) is 0 Å². The minimum atomic E-state index is -4.69. The van der Waals surface area contributed by atoms with Crippen LogP contribution < -0.4 is 0 Å². The number of rotatable bonds is 1. The summed E-state index contributed by atoms with van der Waals surface area (Å²) in [6, 6.07) is 0. The average molecular weight is 180 g/mol. The lowest BCUT2D eigenvalue weighted by Gasteiger charge is -1.96. The second kappa shape index (κ2) is 2.58. The Hall–Kier alpha value is -1.40. The summed E-state index contributed by atoms with van der Waals surface area (Å²) in [4.78, 5) is 10.4. The van der Waals surface area contributed by atoms with Gasteiger partial charge in [-0.25, -0.2) is 0 Å². The van der Waals surface area contributed by atoms with E-state index in [2.05, 4.69) is 14.6 Å². The zero-order valence-corrected chi connectivity index (χ0v) is 5.84. The van der Waals surface area contributed by atoms with Crippen LogP contribution in [-0.2, 0) is 6.18 Å². The first-order chi connectivity index (χ1) is 5.41. The summed E-state index contributed by atoms with van der Waals surface area (Å²) in [7, 11) is 0. The van der Waals surface area contributed by atoms with E-state index >= 15 is 0 Å². The molecule has 1 aromatic heterocycles. The van der Waals surface area contributed by atoms with Crippen LogP contribution in [0.15, 0.2) is 4.42 Å². The van der Waals surface area contributed by atoms with E-state index in [-0.39, 0.29) is 0 Å². The zero-order chi connectivity index (χ0) is 9.35. The van der Waals surface area contributed by atoms with Crippen molar-refractivity contribution in [1.82, 2.24) is 10.2 Å². The molecule has 0 N–H and O–H groups in total. The van der Waals surface area contributed by atoms with Crippen molar-refractivity contribution >= 4 is 5.78 Å². The van der Waals surface area contributed by atoms with Gasteiger partial charge in [-0.15, -0.1) is 10.2 Å². The number of carbonyl (C=O) groups excluding carboxylic acids is 1. The molecule has 0 atom stereocenters. The highest BCUT2D eigenvalue weighted by atomic mass is 19.4. The molecule has 12 heavy (non-hydrogen) atoms. The van der Waals surface area contributed by atoms with Crippen molar-refractivity contribution in [1.29, 1.82) is 0 Å². The van der Waals surface area contributed by atoms with Gasteiger partial charge in [0.2, 0.25) is 5.78 Å². The van der Waals surface area contributed by atoms with Crippen LogP contribution in [0.3, 0.4) is 0 Å². The van der Waals surface area contributed by atoms with Gasteiger partial charge >= 0.3 is 12.1 Å². The third-order valence-electron chi connectivity index (χ3n) is 0.969. The van der Waals surface area contributed by atoms with Crippen LogP contribution in [0.25, 0.3) is 0 Å². The summed E-state index contributed by atoms with van der Waals surface area (Å²) in [5.74, 6) is -2.84. The van der Waals surface area contributed by atoms with Crippen LogP contribution in [0, 0.1) is 0 Å². The fourth-order valence-electron chi connectivity index (χ4n) is 0.480. The maximum Gasteiger partial charge on any atom is 0.470 e. The Labute approximate surface area is 64.4 Å². The number of nitrogens with zero attached hydrogens (tertiary/aromatic N) is 2. The van der Waals surface area contributed by atoms with E-state index in [4.69, 9.17) is 0 Å². The maximum absolute atomic E-state index is 11.8. The molecule has 0 spiro atoms. The van der Waals surface area contributed by atoms with Gasteiger partial charge in [-0.2, -0.15) is 13.2 Å². The topological polar surface area (TPSA) is 56.0 Å². The number of aromatic nitrogens is 2. The Bertz CT molecular complexity index is 304. The Morgan fingerprint density at radius 2 is 2.00 bits per heavy atom. The summed E-state index contributed by atoms with van der Waals surface area (Å²) in [6.07, 6.45) is -4.69. The second-order valence-corrected chi connectivity index (χ2v) is 1.97. The van der Waals surface area contributed by atoms with Crippen LogP contribution in [-0.4, -0.2) is 16.0 Å². The van der Waals surface area contributed by atoms with Gasteiger partial charge in [0.15, 0.2) is 0 Å². The van der Waals surface area contributed by atoms with Gasteiger partial charge in [0, 0.05) is 6.92 Å². The predicted octanol–water partition coefficient (Wildman–Crippen LogP) is 1.29. The zero-order valence-electron chi connectivity index (χ0n) is 5.84. The SMILES string of the molecule is CC(=O)c1nnc(C(F)(F)F)o1. The van der Waals surface area contributed by atoms with E-state index in [1.165, 1.54) is 0 Å². The van der Waals surface area contributed by atoms with Crippen LogP contribution in [0.1, 0.15) is 23.5 Å². The van der Waals surface area contributed by atoms with Gasteiger partial charge in [-0.3, -0.25) is 4.79 Å². The molecule has 0 amide bonds. The molecule has 0 aliphatic heterocycles. The molecule has 0 saturated heterocycles. The molecular formula is C5H3F3N2O2. The van der Waals surface area contributed by atoms with Gasteiger partial charge in [0.1, 0.15) is 0 Å². The molecule has 0 radical (unpaired) electrons. The second-order valence-electron chi connectivity index (χ2n) is 1.97.